The Bertz CT molecular complexity index is 863. The number of rotatable bonds is 8. The maximum absolute atomic E-state index is 12.8. The molecule has 0 saturated heterocycles. The highest BCUT2D eigenvalue weighted by Gasteiger charge is 2.25. The molecule has 0 bridgehead atoms. The molecule has 146 valence electrons. The highest BCUT2D eigenvalue weighted by atomic mass is 32.2. The number of likely N-dealkylation sites (N-methyl/N-ethyl adjacent to an activating group) is 1. The smallest absolute Gasteiger partial charge is 0.243 e. The minimum atomic E-state index is -3.70. The molecule has 1 N–H and O–H groups in total. The molecule has 0 radical (unpaired) electrons. The first-order valence-electron chi connectivity index (χ1n) is 8.78. The summed E-state index contributed by atoms with van der Waals surface area (Å²) in [5, 5.41) is 2.88. The van der Waals surface area contributed by atoms with Crippen LogP contribution in [0.25, 0.3) is 0 Å². The fraction of sp³-hybridized carbons (Fsp3) is 0.350. The summed E-state index contributed by atoms with van der Waals surface area (Å²) in [5.41, 5.74) is 1.96. The second-order valence-corrected chi connectivity index (χ2v) is 9.12. The number of nitrogens with one attached hydrogen (secondary N) is 1. The Kier molecular flexibility index (Phi) is 7.47. The van der Waals surface area contributed by atoms with Gasteiger partial charge in [-0.25, -0.2) is 8.42 Å². The van der Waals surface area contributed by atoms with Crippen LogP contribution in [0, 0.1) is 6.92 Å². The standard InChI is InChI=1S/C20H26N2O3S2/c1-5-22(27(24,25)19-12-6-15(2)7-13-19)14-20(23)21-16(3)17-8-10-18(26-4)11-9-17/h6-13,16H,5,14H2,1-4H3,(H,21,23)/t16-/m0/s1. The van der Waals surface area contributed by atoms with Crippen molar-refractivity contribution < 1.29 is 13.2 Å². The first kappa shape index (κ1) is 21.5. The third-order valence-electron chi connectivity index (χ3n) is 4.32. The van der Waals surface area contributed by atoms with Crippen LogP contribution >= 0.6 is 11.8 Å². The molecular weight excluding hydrogens is 380 g/mol. The molecule has 0 heterocycles. The summed E-state index contributed by atoms with van der Waals surface area (Å²) in [6, 6.07) is 14.4. The van der Waals surface area contributed by atoms with Crippen molar-refractivity contribution in [2.45, 2.75) is 36.6 Å². The lowest BCUT2D eigenvalue weighted by molar-refractivity contribution is -0.121. The molecule has 0 aliphatic rings. The van der Waals surface area contributed by atoms with Gasteiger partial charge in [-0.1, -0.05) is 36.8 Å². The molecule has 27 heavy (non-hydrogen) atoms. The molecule has 2 aromatic rings. The molecule has 7 heteroatoms. The lowest BCUT2D eigenvalue weighted by Gasteiger charge is -2.22. The van der Waals surface area contributed by atoms with Crippen molar-refractivity contribution in [3.8, 4) is 0 Å². The van der Waals surface area contributed by atoms with Crippen LogP contribution in [-0.2, 0) is 14.8 Å². The van der Waals surface area contributed by atoms with Crippen molar-refractivity contribution in [3.63, 3.8) is 0 Å². The first-order valence-corrected chi connectivity index (χ1v) is 11.4. The fourth-order valence-corrected chi connectivity index (χ4v) is 4.46. The number of benzene rings is 2. The fourth-order valence-electron chi connectivity index (χ4n) is 2.65. The number of carbonyl (C=O) groups excluding carboxylic acids is 1. The summed E-state index contributed by atoms with van der Waals surface area (Å²) in [6.45, 7) is 5.52. The van der Waals surface area contributed by atoms with Crippen molar-refractivity contribution in [3.05, 3.63) is 59.7 Å². The number of aryl methyl sites for hydroxylation is 1. The summed E-state index contributed by atoms with van der Waals surface area (Å²) >= 11 is 1.66. The summed E-state index contributed by atoms with van der Waals surface area (Å²) in [6.07, 6.45) is 2.01. The van der Waals surface area contributed by atoms with E-state index < -0.39 is 10.0 Å². The lowest BCUT2D eigenvalue weighted by atomic mass is 10.1. The molecule has 0 aliphatic heterocycles. The second kappa shape index (κ2) is 9.39. The molecule has 0 aromatic heterocycles. The van der Waals surface area contributed by atoms with E-state index in [9.17, 15) is 13.2 Å². The number of hydrogen-bond acceptors (Lipinski definition) is 4. The Morgan fingerprint density at radius 1 is 1.11 bits per heavy atom. The summed E-state index contributed by atoms with van der Waals surface area (Å²) in [4.78, 5) is 13.8. The van der Waals surface area contributed by atoms with Gasteiger partial charge in [0.05, 0.1) is 17.5 Å². The highest BCUT2D eigenvalue weighted by Crippen LogP contribution is 2.19. The molecule has 0 unspecified atom stereocenters. The van der Waals surface area contributed by atoms with E-state index in [1.807, 2.05) is 44.4 Å². The van der Waals surface area contributed by atoms with E-state index in [1.165, 1.54) is 4.31 Å². The highest BCUT2D eigenvalue weighted by molar-refractivity contribution is 7.98. The van der Waals surface area contributed by atoms with Gasteiger partial charge in [-0.3, -0.25) is 4.79 Å². The van der Waals surface area contributed by atoms with E-state index in [0.29, 0.717) is 0 Å². The molecule has 2 rings (SSSR count). The van der Waals surface area contributed by atoms with E-state index in [4.69, 9.17) is 0 Å². The Hall–Kier alpha value is -1.83. The van der Waals surface area contributed by atoms with Crippen LogP contribution < -0.4 is 5.32 Å². The third kappa shape index (κ3) is 5.57. The van der Waals surface area contributed by atoms with Crippen LogP contribution in [0.5, 0.6) is 0 Å². The van der Waals surface area contributed by atoms with Crippen molar-refractivity contribution in [2.24, 2.45) is 0 Å². The van der Waals surface area contributed by atoms with E-state index in [1.54, 1.807) is 43.0 Å². The van der Waals surface area contributed by atoms with Gasteiger partial charge in [0, 0.05) is 11.4 Å². The largest absolute Gasteiger partial charge is 0.348 e. The van der Waals surface area contributed by atoms with Crippen LogP contribution in [-0.4, -0.2) is 38.0 Å². The Morgan fingerprint density at radius 2 is 1.70 bits per heavy atom. The predicted molar refractivity (Wildman–Crippen MR) is 110 cm³/mol. The minimum Gasteiger partial charge on any atom is -0.348 e. The van der Waals surface area contributed by atoms with Crippen molar-refractivity contribution in [1.82, 2.24) is 9.62 Å². The van der Waals surface area contributed by atoms with Gasteiger partial charge in [0.1, 0.15) is 0 Å². The molecule has 0 spiro atoms. The van der Waals surface area contributed by atoms with Crippen LogP contribution in [0.1, 0.15) is 31.0 Å². The molecule has 5 nitrogen and oxygen atoms in total. The summed E-state index contributed by atoms with van der Waals surface area (Å²) in [7, 11) is -3.70. The zero-order valence-electron chi connectivity index (χ0n) is 16.1. The van der Waals surface area contributed by atoms with E-state index >= 15 is 0 Å². The van der Waals surface area contributed by atoms with Crippen molar-refractivity contribution in [1.29, 1.82) is 0 Å². The van der Waals surface area contributed by atoms with Crippen LogP contribution in [0.4, 0.5) is 0 Å². The normalized spacial score (nSPS) is 12.8. The van der Waals surface area contributed by atoms with E-state index in [2.05, 4.69) is 5.32 Å². The van der Waals surface area contributed by atoms with Gasteiger partial charge in [-0.2, -0.15) is 4.31 Å². The molecular formula is C20H26N2O3S2. The predicted octanol–water partition coefficient (Wildman–Crippen LogP) is 3.60. The lowest BCUT2D eigenvalue weighted by Crippen LogP contribution is -2.41. The number of nitrogens with zero attached hydrogens (tertiary/aromatic N) is 1. The molecule has 1 amide bonds. The number of sulfonamides is 1. The van der Waals surface area contributed by atoms with Gasteiger partial charge in [-0.15, -0.1) is 11.8 Å². The molecule has 0 saturated carbocycles. The van der Waals surface area contributed by atoms with Crippen LogP contribution in [0.3, 0.4) is 0 Å². The van der Waals surface area contributed by atoms with Gasteiger partial charge in [0.2, 0.25) is 15.9 Å². The summed E-state index contributed by atoms with van der Waals surface area (Å²) < 4.78 is 26.8. The zero-order chi connectivity index (χ0) is 20.0. The number of carbonyl (C=O) groups is 1. The van der Waals surface area contributed by atoms with Crippen molar-refractivity contribution >= 4 is 27.7 Å². The molecule has 0 aliphatic carbocycles. The number of hydrogen-bond donors (Lipinski definition) is 1. The SMILES string of the molecule is CCN(CC(=O)N[C@@H](C)c1ccc(SC)cc1)S(=O)(=O)c1ccc(C)cc1. The quantitative estimate of drug-likeness (QED) is 0.680. The number of amides is 1. The third-order valence-corrected chi connectivity index (χ3v) is 7.00. The summed E-state index contributed by atoms with van der Waals surface area (Å²) in [5.74, 6) is -0.325. The Balaban J connectivity index is 2.06. The van der Waals surface area contributed by atoms with Gasteiger partial charge < -0.3 is 5.32 Å². The van der Waals surface area contributed by atoms with Crippen LogP contribution in [0.2, 0.25) is 0 Å². The van der Waals surface area contributed by atoms with Gasteiger partial charge in [0.15, 0.2) is 0 Å². The monoisotopic (exact) mass is 406 g/mol. The topological polar surface area (TPSA) is 66.5 Å². The molecule has 2 aromatic carbocycles. The van der Waals surface area contributed by atoms with Gasteiger partial charge in [-0.05, 0) is 49.9 Å². The number of thioether (sulfide) groups is 1. The second-order valence-electron chi connectivity index (χ2n) is 6.31. The van der Waals surface area contributed by atoms with Crippen LogP contribution in [0.15, 0.2) is 58.3 Å². The zero-order valence-corrected chi connectivity index (χ0v) is 17.7. The Morgan fingerprint density at radius 3 is 2.22 bits per heavy atom. The van der Waals surface area contributed by atoms with E-state index in [-0.39, 0.29) is 29.9 Å². The minimum absolute atomic E-state index is 0.198. The average molecular weight is 407 g/mol. The van der Waals surface area contributed by atoms with Gasteiger partial charge in [0.25, 0.3) is 0 Å². The van der Waals surface area contributed by atoms with Gasteiger partial charge >= 0.3 is 0 Å². The maximum Gasteiger partial charge on any atom is 0.243 e. The first-order chi connectivity index (χ1) is 12.8. The van der Waals surface area contributed by atoms with Crippen molar-refractivity contribution in [2.75, 3.05) is 19.3 Å². The molecule has 0 fully saturated rings. The maximum atomic E-state index is 12.8. The average Bonchev–Trinajstić information content (AvgIpc) is 2.66. The Labute approximate surface area is 166 Å². The molecule has 1 atom stereocenters. The van der Waals surface area contributed by atoms with E-state index in [0.717, 1.165) is 16.0 Å².